The third kappa shape index (κ3) is 3.37. The Kier molecular flexibility index (Phi) is 5.38. The van der Waals surface area contributed by atoms with E-state index in [1.165, 1.54) is 0 Å². The van der Waals surface area contributed by atoms with E-state index in [0.29, 0.717) is 24.5 Å². The first-order chi connectivity index (χ1) is 10.6. The third-order valence-corrected chi connectivity index (χ3v) is 4.16. The smallest absolute Gasteiger partial charge is 0.320 e. The molecule has 1 atom stereocenters. The molecule has 1 saturated heterocycles. The standard InChI is InChI=1S/C15H19N3O4.H2S/c1-10-9-22-13-7-11(14(19)16-21)3-4-12(13)8-18(10)15(20)17-5-2-6-17;/h3-4,7,10,21H,2,5-6,8-9H2,1H3,(H,16,19);1H2/t10-;/m0./s1. The molecule has 2 N–H and O–H groups in total. The van der Waals surface area contributed by atoms with Crippen molar-refractivity contribution in [1.29, 1.82) is 0 Å². The molecule has 3 rings (SSSR count). The van der Waals surface area contributed by atoms with Gasteiger partial charge in [-0.2, -0.15) is 13.5 Å². The van der Waals surface area contributed by atoms with Crippen molar-refractivity contribution in [3.05, 3.63) is 29.3 Å². The van der Waals surface area contributed by atoms with Crippen LogP contribution in [0.4, 0.5) is 4.79 Å². The number of rotatable bonds is 1. The predicted octanol–water partition coefficient (Wildman–Crippen LogP) is 1.33. The molecule has 1 fully saturated rings. The number of hydrogen-bond acceptors (Lipinski definition) is 4. The number of carbonyl (C=O) groups excluding carboxylic acids is 2. The zero-order chi connectivity index (χ0) is 15.7. The maximum Gasteiger partial charge on any atom is 0.320 e. The minimum Gasteiger partial charge on any atom is -0.491 e. The van der Waals surface area contributed by atoms with E-state index < -0.39 is 5.91 Å². The zero-order valence-corrected chi connectivity index (χ0v) is 13.9. The minimum atomic E-state index is -0.586. The first-order valence-corrected chi connectivity index (χ1v) is 7.36. The molecular formula is C15H21N3O4S. The molecule has 3 amide bonds. The van der Waals surface area contributed by atoms with E-state index in [4.69, 9.17) is 9.94 Å². The van der Waals surface area contributed by atoms with Gasteiger partial charge in [-0.3, -0.25) is 10.0 Å². The molecule has 1 aromatic rings. The molecule has 126 valence electrons. The second-order valence-electron chi connectivity index (χ2n) is 5.67. The van der Waals surface area contributed by atoms with Gasteiger partial charge < -0.3 is 14.5 Å². The lowest BCUT2D eigenvalue weighted by molar-refractivity contribution is 0.0706. The molecule has 0 aromatic heterocycles. The predicted molar refractivity (Wildman–Crippen MR) is 88.2 cm³/mol. The van der Waals surface area contributed by atoms with Crippen molar-refractivity contribution in [1.82, 2.24) is 15.3 Å². The first-order valence-electron chi connectivity index (χ1n) is 7.36. The Balaban J connectivity index is 0.00000192. The molecule has 0 spiro atoms. The van der Waals surface area contributed by atoms with Gasteiger partial charge in [0.1, 0.15) is 12.4 Å². The van der Waals surface area contributed by atoms with Crippen LogP contribution < -0.4 is 10.2 Å². The second kappa shape index (κ2) is 7.10. The van der Waals surface area contributed by atoms with Crippen LogP contribution in [0.15, 0.2) is 18.2 Å². The summed E-state index contributed by atoms with van der Waals surface area (Å²) < 4.78 is 5.73. The summed E-state index contributed by atoms with van der Waals surface area (Å²) in [4.78, 5) is 27.6. The summed E-state index contributed by atoms with van der Waals surface area (Å²) in [5.74, 6) is -0.0101. The summed E-state index contributed by atoms with van der Waals surface area (Å²) in [6.45, 7) is 4.39. The highest BCUT2D eigenvalue weighted by Crippen LogP contribution is 2.27. The quantitative estimate of drug-likeness (QED) is 0.597. The fraction of sp³-hybridized carbons (Fsp3) is 0.467. The summed E-state index contributed by atoms with van der Waals surface area (Å²) in [6, 6.07) is 4.94. The SMILES string of the molecule is C[C@H]1COc2cc(C(=O)NO)ccc2CN1C(=O)N1CCC1.S. The molecule has 0 bridgehead atoms. The second-order valence-corrected chi connectivity index (χ2v) is 5.67. The number of benzene rings is 1. The molecule has 23 heavy (non-hydrogen) atoms. The van der Waals surface area contributed by atoms with E-state index in [1.54, 1.807) is 28.6 Å². The fourth-order valence-corrected chi connectivity index (χ4v) is 2.61. The summed E-state index contributed by atoms with van der Waals surface area (Å²) in [7, 11) is 0. The normalized spacial score (nSPS) is 19.5. The van der Waals surface area contributed by atoms with E-state index in [9.17, 15) is 9.59 Å². The summed E-state index contributed by atoms with van der Waals surface area (Å²) >= 11 is 0. The van der Waals surface area contributed by atoms with Gasteiger partial charge in [0, 0.05) is 24.2 Å². The Hall–Kier alpha value is -1.93. The number of likely N-dealkylation sites (tertiary alicyclic amines) is 1. The topological polar surface area (TPSA) is 82.1 Å². The molecule has 8 heteroatoms. The van der Waals surface area contributed by atoms with Crippen LogP contribution in [0.5, 0.6) is 5.75 Å². The van der Waals surface area contributed by atoms with Gasteiger partial charge in [-0.25, -0.2) is 10.3 Å². The maximum absolute atomic E-state index is 12.5. The van der Waals surface area contributed by atoms with Crippen molar-refractivity contribution in [2.75, 3.05) is 19.7 Å². The van der Waals surface area contributed by atoms with E-state index >= 15 is 0 Å². The van der Waals surface area contributed by atoms with E-state index in [1.807, 2.05) is 11.8 Å². The molecule has 0 aliphatic carbocycles. The van der Waals surface area contributed by atoms with Crippen molar-refractivity contribution < 1.29 is 19.5 Å². The molecule has 2 aliphatic heterocycles. The number of hydrogen-bond donors (Lipinski definition) is 2. The summed E-state index contributed by atoms with van der Waals surface area (Å²) in [5.41, 5.74) is 2.77. The number of amides is 3. The average Bonchev–Trinajstić information content (AvgIpc) is 2.63. The van der Waals surface area contributed by atoms with Gasteiger partial charge in [0.15, 0.2) is 0 Å². The monoisotopic (exact) mass is 339 g/mol. The minimum absolute atomic E-state index is 0. The first kappa shape index (κ1) is 17.4. The lowest BCUT2D eigenvalue weighted by Gasteiger charge is -2.37. The number of nitrogens with one attached hydrogen (secondary N) is 1. The Morgan fingerprint density at radius 3 is 2.70 bits per heavy atom. The number of ether oxygens (including phenoxy) is 1. The largest absolute Gasteiger partial charge is 0.491 e. The molecule has 0 radical (unpaired) electrons. The van der Waals surface area contributed by atoms with E-state index in [0.717, 1.165) is 25.1 Å². The Morgan fingerprint density at radius 1 is 1.35 bits per heavy atom. The summed E-state index contributed by atoms with van der Waals surface area (Å²) in [6.07, 6.45) is 1.06. The van der Waals surface area contributed by atoms with Gasteiger partial charge in [0.05, 0.1) is 12.6 Å². The van der Waals surface area contributed by atoms with E-state index in [-0.39, 0.29) is 25.6 Å². The average molecular weight is 339 g/mol. The molecule has 0 unspecified atom stereocenters. The number of urea groups is 1. The van der Waals surface area contributed by atoms with Gasteiger partial charge in [-0.15, -0.1) is 0 Å². The number of hydroxylamine groups is 1. The molecule has 7 nitrogen and oxygen atoms in total. The van der Waals surface area contributed by atoms with Crippen LogP contribution in [-0.4, -0.2) is 52.7 Å². The van der Waals surface area contributed by atoms with Crippen LogP contribution in [0.1, 0.15) is 29.3 Å². The highest BCUT2D eigenvalue weighted by molar-refractivity contribution is 7.59. The molecular weight excluding hydrogens is 318 g/mol. The van der Waals surface area contributed by atoms with Crippen LogP contribution in [0.25, 0.3) is 0 Å². The highest BCUT2D eigenvalue weighted by atomic mass is 32.1. The Labute approximate surface area is 141 Å². The summed E-state index contributed by atoms with van der Waals surface area (Å²) in [5, 5.41) is 8.70. The van der Waals surface area contributed by atoms with Crippen molar-refractivity contribution in [2.24, 2.45) is 0 Å². The van der Waals surface area contributed by atoms with E-state index in [2.05, 4.69) is 0 Å². The molecule has 0 saturated carbocycles. The lowest BCUT2D eigenvalue weighted by atomic mass is 10.1. The molecule has 1 aromatic carbocycles. The van der Waals surface area contributed by atoms with Crippen molar-refractivity contribution in [3.8, 4) is 5.75 Å². The fourth-order valence-electron chi connectivity index (χ4n) is 2.61. The van der Waals surface area contributed by atoms with Gasteiger partial charge in [0.25, 0.3) is 5.91 Å². The van der Waals surface area contributed by atoms with Gasteiger partial charge in [0.2, 0.25) is 0 Å². The lowest BCUT2D eigenvalue weighted by Crippen LogP contribution is -2.52. The Bertz CT molecular complexity index is 606. The van der Waals surface area contributed by atoms with Gasteiger partial charge >= 0.3 is 6.03 Å². The highest BCUT2D eigenvalue weighted by Gasteiger charge is 2.31. The number of carbonyl (C=O) groups is 2. The molecule has 2 heterocycles. The van der Waals surface area contributed by atoms with Gasteiger partial charge in [-0.05, 0) is 25.5 Å². The van der Waals surface area contributed by atoms with Crippen LogP contribution in [-0.2, 0) is 6.54 Å². The van der Waals surface area contributed by atoms with Crippen molar-refractivity contribution >= 4 is 25.4 Å². The van der Waals surface area contributed by atoms with Gasteiger partial charge in [-0.1, -0.05) is 6.07 Å². The number of fused-ring (bicyclic) bond motifs is 1. The van der Waals surface area contributed by atoms with Crippen LogP contribution in [0.2, 0.25) is 0 Å². The third-order valence-electron chi connectivity index (χ3n) is 4.16. The molecule has 2 aliphatic rings. The maximum atomic E-state index is 12.5. The Morgan fingerprint density at radius 2 is 2.09 bits per heavy atom. The van der Waals surface area contributed by atoms with Crippen molar-refractivity contribution in [3.63, 3.8) is 0 Å². The zero-order valence-electron chi connectivity index (χ0n) is 12.9. The van der Waals surface area contributed by atoms with Crippen LogP contribution in [0, 0.1) is 0 Å². The van der Waals surface area contributed by atoms with Crippen molar-refractivity contribution in [2.45, 2.75) is 25.9 Å². The van der Waals surface area contributed by atoms with Crippen LogP contribution >= 0.6 is 13.5 Å². The van der Waals surface area contributed by atoms with Crippen LogP contribution in [0.3, 0.4) is 0 Å². The number of nitrogens with zero attached hydrogens (tertiary/aromatic N) is 2.